The summed E-state index contributed by atoms with van der Waals surface area (Å²) in [5, 5.41) is 10.1. The number of aromatic amines is 1. The molecule has 0 amide bonds. The first-order valence-corrected chi connectivity index (χ1v) is 8.54. The van der Waals surface area contributed by atoms with Gasteiger partial charge in [-0.05, 0) is 12.5 Å². The molecule has 0 radical (unpaired) electrons. The Morgan fingerprint density at radius 3 is 2.79 bits per heavy atom. The number of hydrogen-bond acceptors (Lipinski definition) is 5. The molecule has 2 heterocycles. The van der Waals surface area contributed by atoms with Gasteiger partial charge in [0.2, 0.25) is 0 Å². The monoisotopic (exact) mass is 400 g/mol. The van der Waals surface area contributed by atoms with Crippen LogP contribution in [0.2, 0.25) is 0 Å². The first-order valence-electron chi connectivity index (χ1n) is 8.54. The van der Waals surface area contributed by atoms with Gasteiger partial charge in [-0.25, -0.2) is 4.79 Å². The van der Waals surface area contributed by atoms with Crippen molar-refractivity contribution >= 4 is 0 Å². The van der Waals surface area contributed by atoms with E-state index in [4.69, 9.17) is 9.47 Å². The molecule has 1 aliphatic rings. The van der Waals surface area contributed by atoms with Crippen molar-refractivity contribution in [2.45, 2.75) is 44.6 Å². The lowest BCUT2D eigenvalue weighted by Gasteiger charge is -2.17. The third-order valence-electron chi connectivity index (χ3n) is 4.42. The number of H-pyrrole nitrogens is 1. The number of aliphatic hydroxyl groups excluding tert-OH is 1. The Labute approximate surface area is 157 Å². The van der Waals surface area contributed by atoms with Crippen LogP contribution in [0, 0.1) is 6.92 Å². The molecule has 152 valence electrons. The number of benzene rings is 1. The van der Waals surface area contributed by atoms with Gasteiger partial charge in [0.25, 0.3) is 5.56 Å². The van der Waals surface area contributed by atoms with Crippen LogP contribution < -0.4 is 11.2 Å². The van der Waals surface area contributed by atoms with E-state index in [2.05, 4.69) is 0 Å². The molecule has 1 saturated heterocycles. The van der Waals surface area contributed by atoms with Crippen LogP contribution in [-0.2, 0) is 22.3 Å². The molecule has 1 unspecified atom stereocenters. The van der Waals surface area contributed by atoms with E-state index in [0.29, 0.717) is 10.8 Å². The van der Waals surface area contributed by atoms with E-state index < -0.39 is 41.4 Å². The van der Waals surface area contributed by atoms with Crippen molar-refractivity contribution in [3.05, 3.63) is 68.0 Å². The lowest BCUT2D eigenvalue weighted by molar-refractivity contribution is -0.139. The molecule has 1 aromatic heterocycles. The van der Waals surface area contributed by atoms with Gasteiger partial charge < -0.3 is 14.6 Å². The highest BCUT2D eigenvalue weighted by Gasteiger charge is 2.39. The van der Waals surface area contributed by atoms with Crippen LogP contribution in [-0.4, -0.2) is 33.5 Å². The van der Waals surface area contributed by atoms with Gasteiger partial charge in [-0.15, -0.1) is 0 Å². The van der Waals surface area contributed by atoms with Crippen molar-refractivity contribution in [3.63, 3.8) is 0 Å². The van der Waals surface area contributed by atoms with Gasteiger partial charge in [0.1, 0.15) is 17.9 Å². The molecule has 28 heavy (non-hydrogen) atoms. The number of aryl methyl sites for hydroxylation is 1. The fourth-order valence-corrected chi connectivity index (χ4v) is 3.03. The molecule has 10 heteroatoms. The van der Waals surface area contributed by atoms with Crippen LogP contribution >= 0.6 is 0 Å². The Morgan fingerprint density at radius 2 is 2.11 bits per heavy atom. The highest BCUT2D eigenvalue weighted by molar-refractivity contribution is 5.21. The van der Waals surface area contributed by atoms with Crippen LogP contribution in [0.1, 0.15) is 29.3 Å². The van der Waals surface area contributed by atoms with E-state index >= 15 is 0 Å². The Hall–Kier alpha value is -2.43. The van der Waals surface area contributed by atoms with Crippen LogP contribution in [0.25, 0.3) is 0 Å². The van der Waals surface area contributed by atoms with Crippen LogP contribution in [0.5, 0.6) is 0 Å². The minimum atomic E-state index is -4.92. The maximum atomic E-state index is 12.9. The molecular formula is C18H19F3N2O5. The summed E-state index contributed by atoms with van der Waals surface area (Å²) in [7, 11) is 0. The summed E-state index contributed by atoms with van der Waals surface area (Å²) in [6, 6.07) is 7.63. The van der Waals surface area contributed by atoms with Crippen LogP contribution in [0.3, 0.4) is 0 Å². The molecule has 7 nitrogen and oxygen atoms in total. The molecule has 3 atom stereocenters. The van der Waals surface area contributed by atoms with Gasteiger partial charge in [-0.3, -0.25) is 14.3 Å². The topological polar surface area (TPSA) is 93.5 Å². The van der Waals surface area contributed by atoms with Gasteiger partial charge >= 0.3 is 11.9 Å². The van der Waals surface area contributed by atoms with Gasteiger partial charge in [0, 0.05) is 12.6 Å². The maximum absolute atomic E-state index is 12.9. The van der Waals surface area contributed by atoms with Gasteiger partial charge in [0.15, 0.2) is 0 Å². The number of halogens is 3. The minimum Gasteiger partial charge on any atom is -0.390 e. The molecule has 0 saturated carbocycles. The Morgan fingerprint density at radius 1 is 1.36 bits per heavy atom. The van der Waals surface area contributed by atoms with Crippen LogP contribution in [0.15, 0.2) is 40.1 Å². The zero-order valence-corrected chi connectivity index (χ0v) is 14.9. The molecule has 3 rings (SSSR count). The molecule has 2 aromatic rings. The highest BCUT2D eigenvalue weighted by Crippen LogP contribution is 2.30. The number of alkyl halides is 3. The van der Waals surface area contributed by atoms with Crippen molar-refractivity contribution in [3.8, 4) is 0 Å². The number of nitrogens with zero attached hydrogens (tertiary/aromatic N) is 1. The summed E-state index contributed by atoms with van der Waals surface area (Å²) in [4.78, 5) is 24.9. The molecular weight excluding hydrogens is 381 g/mol. The number of aromatic nitrogens is 2. The summed E-state index contributed by atoms with van der Waals surface area (Å²) in [5.41, 5.74) is -2.09. The second-order valence-electron chi connectivity index (χ2n) is 6.64. The predicted octanol–water partition coefficient (Wildman–Crippen LogP) is 1.73. The van der Waals surface area contributed by atoms with E-state index in [1.54, 1.807) is 4.98 Å². The van der Waals surface area contributed by atoms with E-state index in [0.717, 1.165) is 11.1 Å². The Kier molecular flexibility index (Phi) is 5.73. The molecule has 0 spiro atoms. The predicted molar refractivity (Wildman–Crippen MR) is 91.7 cm³/mol. The zero-order valence-electron chi connectivity index (χ0n) is 14.9. The third kappa shape index (κ3) is 4.51. The van der Waals surface area contributed by atoms with Gasteiger partial charge in [-0.2, -0.15) is 13.2 Å². The Bertz CT molecular complexity index is 953. The van der Waals surface area contributed by atoms with E-state index in [1.165, 1.54) is 0 Å². The summed E-state index contributed by atoms with van der Waals surface area (Å²) in [6.45, 7) is 2.21. The van der Waals surface area contributed by atoms with Crippen molar-refractivity contribution in [1.29, 1.82) is 0 Å². The number of rotatable bonds is 5. The van der Waals surface area contributed by atoms with Crippen molar-refractivity contribution < 1.29 is 27.8 Å². The van der Waals surface area contributed by atoms with Crippen molar-refractivity contribution in [2.24, 2.45) is 0 Å². The normalized spacial score (nSPS) is 22.5. The fourth-order valence-electron chi connectivity index (χ4n) is 3.03. The average molecular weight is 400 g/mol. The first kappa shape index (κ1) is 20.3. The Balaban J connectivity index is 1.68. The minimum absolute atomic E-state index is 0.00413. The summed E-state index contributed by atoms with van der Waals surface area (Å²) < 4.78 is 50.4. The van der Waals surface area contributed by atoms with E-state index in [9.17, 15) is 27.9 Å². The van der Waals surface area contributed by atoms with Crippen LogP contribution in [0.4, 0.5) is 13.2 Å². The molecule has 0 aliphatic carbocycles. The zero-order chi connectivity index (χ0) is 20.5. The number of aliphatic hydroxyl groups is 1. The largest absolute Gasteiger partial charge is 0.423 e. The summed E-state index contributed by atoms with van der Waals surface area (Å²) in [6.07, 6.45) is -7.61. The summed E-state index contributed by atoms with van der Waals surface area (Å²) >= 11 is 0. The van der Waals surface area contributed by atoms with Crippen molar-refractivity contribution in [2.75, 3.05) is 6.61 Å². The molecule has 1 fully saturated rings. The van der Waals surface area contributed by atoms with E-state index in [-0.39, 0.29) is 19.6 Å². The quantitative estimate of drug-likeness (QED) is 0.797. The molecule has 1 aliphatic heterocycles. The fraction of sp³-hybridized carbons (Fsp3) is 0.444. The first-order chi connectivity index (χ1) is 13.1. The van der Waals surface area contributed by atoms with Gasteiger partial charge in [0.05, 0.1) is 19.3 Å². The smallest absolute Gasteiger partial charge is 0.390 e. The number of ether oxygens (including phenoxy) is 2. The standard InChI is InChI=1S/C18H19F3N2O5/c1-10-3-2-4-11(5-10)8-27-9-14-13(24)6-15(28-14)23-7-12(18(19,20)21)16(25)22-17(23)26/h2-5,7,13-15,24H,6,8-9H2,1H3,(H,22,25,26)/t13?,14-,15-/m0/s1. The SMILES string of the molecule is Cc1cccc(COC[C@@H]2O[C@H](n3cc(C(F)(F)F)c(=O)[nH]c3=O)CC2O)c1. The maximum Gasteiger partial charge on any atom is 0.423 e. The van der Waals surface area contributed by atoms with Crippen molar-refractivity contribution in [1.82, 2.24) is 9.55 Å². The number of hydrogen-bond donors (Lipinski definition) is 2. The summed E-state index contributed by atoms with van der Waals surface area (Å²) in [5.74, 6) is 0. The average Bonchev–Trinajstić information content (AvgIpc) is 2.94. The lowest BCUT2D eigenvalue weighted by atomic mass is 10.1. The second-order valence-corrected chi connectivity index (χ2v) is 6.64. The highest BCUT2D eigenvalue weighted by atomic mass is 19.4. The lowest BCUT2D eigenvalue weighted by Crippen LogP contribution is -2.36. The van der Waals surface area contributed by atoms with E-state index in [1.807, 2.05) is 31.2 Å². The van der Waals surface area contributed by atoms with Gasteiger partial charge in [-0.1, -0.05) is 29.8 Å². The second kappa shape index (κ2) is 7.90. The molecule has 2 N–H and O–H groups in total. The number of nitrogens with one attached hydrogen (secondary N) is 1. The molecule has 0 bridgehead atoms. The third-order valence-corrected chi connectivity index (χ3v) is 4.42. The molecule has 1 aromatic carbocycles.